The van der Waals surface area contributed by atoms with Gasteiger partial charge in [0.15, 0.2) is 0 Å². The molecule has 9 nitrogen and oxygen atoms in total. The summed E-state index contributed by atoms with van der Waals surface area (Å²) in [5, 5.41) is 14.0. The monoisotopic (exact) mass is 270 g/mol. The summed E-state index contributed by atoms with van der Waals surface area (Å²) >= 11 is 0. The van der Waals surface area contributed by atoms with Crippen molar-refractivity contribution in [3.05, 3.63) is 15.8 Å². The second kappa shape index (κ2) is 6.81. The molecule has 0 amide bonds. The number of hydrazine groups is 1. The Labute approximate surface area is 110 Å². The van der Waals surface area contributed by atoms with E-state index in [1.54, 1.807) is 7.11 Å². The molecule has 0 aliphatic rings. The summed E-state index contributed by atoms with van der Waals surface area (Å²) in [7, 11) is 1.60. The topological polar surface area (TPSA) is 128 Å². The lowest BCUT2D eigenvalue weighted by atomic mass is 10.2. The van der Waals surface area contributed by atoms with Crippen LogP contribution in [0, 0.1) is 17.0 Å². The van der Waals surface area contributed by atoms with E-state index in [1.165, 1.54) is 6.92 Å². The van der Waals surface area contributed by atoms with E-state index in [0.29, 0.717) is 13.0 Å². The number of methoxy groups -OCH3 is 1. The lowest BCUT2D eigenvalue weighted by Crippen LogP contribution is -2.21. The second-order valence-corrected chi connectivity index (χ2v) is 4.06. The normalized spacial score (nSPS) is 12.0. The minimum Gasteiger partial charge on any atom is -0.385 e. The molecule has 1 aromatic rings. The van der Waals surface area contributed by atoms with E-state index in [0.717, 1.165) is 0 Å². The molecule has 19 heavy (non-hydrogen) atoms. The van der Waals surface area contributed by atoms with Crippen molar-refractivity contribution in [3.8, 4) is 0 Å². The van der Waals surface area contributed by atoms with Crippen molar-refractivity contribution in [2.75, 3.05) is 24.5 Å². The van der Waals surface area contributed by atoms with Crippen LogP contribution in [0.25, 0.3) is 0 Å². The Morgan fingerprint density at radius 3 is 2.74 bits per heavy atom. The molecule has 0 bridgehead atoms. The molecule has 9 heteroatoms. The number of nitrogen functional groups attached to an aromatic ring is 1. The summed E-state index contributed by atoms with van der Waals surface area (Å²) in [5.41, 5.74) is 2.38. The number of aromatic nitrogens is 2. The minimum atomic E-state index is -0.513. The van der Waals surface area contributed by atoms with E-state index >= 15 is 0 Å². The lowest BCUT2D eigenvalue weighted by molar-refractivity contribution is -0.385. The highest BCUT2D eigenvalue weighted by Crippen LogP contribution is 2.27. The predicted molar refractivity (Wildman–Crippen MR) is 70.8 cm³/mol. The first-order valence-corrected chi connectivity index (χ1v) is 5.74. The Morgan fingerprint density at radius 2 is 2.21 bits per heavy atom. The van der Waals surface area contributed by atoms with Crippen LogP contribution < -0.4 is 16.6 Å². The highest BCUT2D eigenvalue weighted by molar-refractivity contribution is 5.61. The Morgan fingerprint density at radius 1 is 1.53 bits per heavy atom. The zero-order valence-electron chi connectivity index (χ0n) is 11.1. The number of hydrogen-bond donors (Lipinski definition) is 3. The van der Waals surface area contributed by atoms with Gasteiger partial charge in [0.25, 0.3) is 0 Å². The molecule has 1 rings (SSSR count). The first-order valence-electron chi connectivity index (χ1n) is 5.74. The van der Waals surface area contributed by atoms with Crippen LogP contribution in [0.3, 0.4) is 0 Å². The Kier molecular flexibility index (Phi) is 5.39. The van der Waals surface area contributed by atoms with Crippen molar-refractivity contribution in [3.63, 3.8) is 0 Å². The summed E-state index contributed by atoms with van der Waals surface area (Å²) in [6.45, 7) is 3.97. The van der Waals surface area contributed by atoms with Gasteiger partial charge in [0.05, 0.1) is 4.92 Å². The van der Waals surface area contributed by atoms with E-state index in [-0.39, 0.29) is 29.2 Å². The highest BCUT2D eigenvalue weighted by atomic mass is 16.6. The summed E-state index contributed by atoms with van der Waals surface area (Å²) in [4.78, 5) is 18.4. The Bertz CT molecular complexity index is 453. The average molecular weight is 270 g/mol. The minimum absolute atomic E-state index is 0.0291. The largest absolute Gasteiger partial charge is 0.385 e. The average Bonchev–Trinajstić information content (AvgIpc) is 2.35. The maximum Gasteiger partial charge on any atom is 0.332 e. The van der Waals surface area contributed by atoms with Gasteiger partial charge in [-0.05, 0) is 20.3 Å². The predicted octanol–water partition coefficient (Wildman–Crippen LogP) is 0.816. The van der Waals surface area contributed by atoms with Gasteiger partial charge in [-0.2, -0.15) is 4.98 Å². The van der Waals surface area contributed by atoms with Gasteiger partial charge in [-0.25, -0.2) is 10.8 Å². The number of anilines is 2. The zero-order chi connectivity index (χ0) is 14.4. The molecule has 1 aromatic heterocycles. The van der Waals surface area contributed by atoms with Crippen molar-refractivity contribution in [1.82, 2.24) is 9.97 Å². The van der Waals surface area contributed by atoms with Gasteiger partial charge in [0.2, 0.25) is 11.8 Å². The van der Waals surface area contributed by atoms with Crippen molar-refractivity contribution >= 4 is 17.5 Å². The van der Waals surface area contributed by atoms with Gasteiger partial charge in [0, 0.05) is 19.8 Å². The van der Waals surface area contributed by atoms with Crippen molar-refractivity contribution < 1.29 is 9.66 Å². The maximum atomic E-state index is 11.0. The molecule has 1 atom stereocenters. The van der Waals surface area contributed by atoms with E-state index < -0.39 is 4.92 Å². The molecule has 0 radical (unpaired) electrons. The van der Waals surface area contributed by atoms with E-state index in [1.807, 2.05) is 6.92 Å². The molecule has 4 N–H and O–H groups in total. The lowest BCUT2D eigenvalue weighted by Gasteiger charge is -2.15. The molecule has 1 heterocycles. The van der Waals surface area contributed by atoms with Crippen LogP contribution in [-0.2, 0) is 4.74 Å². The smallest absolute Gasteiger partial charge is 0.332 e. The first kappa shape index (κ1) is 15.1. The summed E-state index contributed by atoms with van der Waals surface area (Å²) < 4.78 is 4.96. The Balaban J connectivity index is 3.02. The van der Waals surface area contributed by atoms with E-state index in [4.69, 9.17) is 10.6 Å². The molecular weight excluding hydrogens is 252 g/mol. The number of aryl methyl sites for hydroxylation is 1. The second-order valence-electron chi connectivity index (χ2n) is 4.06. The van der Waals surface area contributed by atoms with Gasteiger partial charge in [-0.1, -0.05) is 0 Å². The fourth-order valence-electron chi connectivity index (χ4n) is 1.55. The van der Waals surface area contributed by atoms with Crippen molar-refractivity contribution in [2.45, 2.75) is 26.3 Å². The van der Waals surface area contributed by atoms with E-state index in [2.05, 4.69) is 20.7 Å². The number of hydrogen-bond acceptors (Lipinski definition) is 8. The third kappa shape index (κ3) is 4.00. The fraction of sp³-hybridized carbons (Fsp3) is 0.600. The molecule has 1 unspecified atom stereocenters. The molecule has 0 aliphatic carbocycles. The number of nitrogens with one attached hydrogen (secondary N) is 2. The van der Waals surface area contributed by atoms with Gasteiger partial charge in [0.1, 0.15) is 5.69 Å². The third-order valence-corrected chi connectivity index (χ3v) is 2.51. The van der Waals surface area contributed by atoms with Gasteiger partial charge >= 0.3 is 5.69 Å². The summed E-state index contributed by atoms with van der Waals surface area (Å²) in [5.74, 6) is 5.51. The molecule has 0 saturated heterocycles. The van der Waals surface area contributed by atoms with Crippen molar-refractivity contribution in [2.24, 2.45) is 5.84 Å². The third-order valence-electron chi connectivity index (χ3n) is 2.51. The van der Waals surface area contributed by atoms with Crippen LogP contribution in [0.15, 0.2) is 0 Å². The number of nitrogens with zero attached hydrogens (tertiary/aromatic N) is 3. The number of rotatable bonds is 7. The quantitative estimate of drug-likeness (QED) is 0.377. The number of nitro groups is 1. The maximum absolute atomic E-state index is 11.0. The Hall–Kier alpha value is -2.00. The van der Waals surface area contributed by atoms with E-state index in [9.17, 15) is 10.1 Å². The first-order chi connectivity index (χ1) is 8.99. The fourth-order valence-corrected chi connectivity index (χ4v) is 1.55. The standard InChI is InChI=1S/C10H18N6O3/c1-6(4-5-19-3)12-9-8(16(17)18)7(2)13-10(14-9)15-11/h6H,4-5,11H2,1-3H3,(H2,12,13,14,15). The molecule has 0 fully saturated rings. The van der Waals surface area contributed by atoms with Crippen LogP contribution in [0.4, 0.5) is 17.5 Å². The molecule has 0 saturated carbocycles. The van der Waals surface area contributed by atoms with Crippen LogP contribution in [0.2, 0.25) is 0 Å². The SMILES string of the molecule is COCCC(C)Nc1nc(NN)nc(C)c1[N+](=O)[O-]. The zero-order valence-corrected chi connectivity index (χ0v) is 11.1. The molecule has 0 aliphatic heterocycles. The molecular formula is C10H18N6O3. The van der Waals surface area contributed by atoms with Gasteiger partial charge in [-0.3, -0.25) is 15.5 Å². The van der Waals surface area contributed by atoms with Crippen molar-refractivity contribution in [1.29, 1.82) is 0 Å². The number of ether oxygens (including phenoxy) is 1. The highest BCUT2D eigenvalue weighted by Gasteiger charge is 2.22. The van der Waals surface area contributed by atoms with Crippen LogP contribution in [0.1, 0.15) is 19.0 Å². The molecule has 0 aromatic carbocycles. The van der Waals surface area contributed by atoms with Crippen LogP contribution in [0.5, 0.6) is 0 Å². The van der Waals surface area contributed by atoms with Crippen LogP contribution >= 0.6 is 0 Å². The number of nitrogens with two attached hydrogens (primary N) is 1. The van der Waals surface area contributed by atoms with Gasteiger partial charge < -0.3 is 10.1 Å². The molecule has 106 valence electrons. The summed E-state index contributed by atoms with van der Waals surface area (Å²) in [6, 6.07) is -0.0291. The summed E-state index contributed by atoms with van der Waals surface area (Å²) in [6.07, 6.45) is 0.697. The van der Waals surface area contributed by atoms with Crippen LogP contribution in [-0.4, -0.2) is 34.6 Å². The molecule has 0 spiro atoms. The van der Waals surface area contributed by atoms with Gasteiger partial charge in [-0.15, -0.1) is 0 Å².